The van der Waals surface area contributed by atoms with Crippen LogP contribution >= 0.6 is 0 Å². The maximum Gasteiger partial charge on any atom is 0.219 e. The third kappa shape index (κ3) is 4.59. The molecular weight excluding hydrogens is 330 g/mol. The van der Waals surface area contributed by atoms with E-state index in [-0.39, 0.29) is 11.9 Å². The summed E-state index contributed by atoms with van der Waals surface area (Å²) in [7, 11) is 3.65. The Hall–Kier alpha value is -1.99. The minimum atomic E-state index is 0.0305. The zero-order valence-electron chi connectivity index (χ0n) is 16.0. The maximum absolute atomic E-state index is 11.6. The minimum Gasteiger partial charge on any atom is -0.377 e. The van der Waals surface area contributed by atoms with Crippen LogP contribution in [0, 0.1) is 0 Å². The fraction of sp³-hybridized carbons (Fsp3) is 0.632. The summed E-state index contributed by atoms with van der Waals surface area (Å²) in [5, 5.41) is 3.13. The summed E-state index contributed by atoms with van der Waals surface area (Å²) in [4.78, 5) is 25.2. The average molecular weight is 359 g/mol. The van der Waals surface area contributed by atoms with E-state index in [0.717, 1.165) is 62.9 Å². The van der Waals surface area contributed by atoms with Crippen molar-refractivity contribution in [2.45, 2.75) is 38.8 Å². The predicted octanol–water partition coefficient (Wildman–Crippen LogP) is 1.98. The van der Waals surface area contributed by atoms with Gasteiger partial charge in [-0.25, -0.2) is 9.97 Å². The highest BCUT2D eigenvalue weighted by Gasteiger charge is 2.29. The summed E-state index contributed by atoms with van der Waals surface area (Å²) in [5.41, 5.74) is 2.22. The van der Waals surface area contributed by atoms with E-state index >= 15 is 0 Å². The number of aromatic nitrogens is 2. The number of hydrogen-bond acceptors (Lipinski definition) is 6. The van der Waals surface area contributed by atoms with E-state index in [1.807, 2.05) is 13.1 Å². The van der Waals surface area contributed by atoms with Gasteiger partial charge in [-0.1, -0.05) is 6.08 Å². The number of nitrogens with one attached hydrogen (secondary N) is 1. The van der Waals surface area contributed by atoms with E-state index in [1.165, 1.54) is 5.57 Å². The van der Waals surface area contributed by atoms with E-state index in [1.54, 1.807) is 18.9 Å². The minimum absolute atomic E-state index is 0.0305. The zero-order chi connectivity index (χ0) is 18.5. The first-order valence-corrected chi connectivity index (χ1v) is 9.34. The van der Waals surface area contributed by atoms with Gasteiger partial charge in [0.25, 0.3) is 0 Å². The molecule has 0 bridgehead atoms. The van der Waals surface area contributed by atoms with Crippen molar-refractivity contribution in [2.75, 3.05) is 45.7 Å². The van der Waals surface area contributed by atoms with Gasteiger partial charge in [0.2, 0.25) is 5.91 Å². The van der Waals surface area contributed by atoms with Crippen molar-refractivity contribution < 1.29 is 9.53 Å². The van der Waals surface area contributed by atoms with Crippen molar-refractivity contribution >= 4 is 11.7 Å². The summed E-state index contributed by atoms with van der Waals surface area (Å²) in [6, 6.07) is 2.13. The largest absolute Gasteiger partial charge is 0.377 e. The fourth-order valence-electron chi connectivity index (χ4n) is 3.52. The molecule has 0 aliphatic carbocycles. The Bertz CT molecular complexity index is 676. The van der Waals surface area contributed by atoms with Gasteiger partial charge in [-0.05, 0) is 31.4 Å². The van der Waals surface area contributed by atoms with Crippen LogP contribution in [0.2, 0.25) is 0 Å². The molecule has 1 amide bonds. The molecule has 0 spiro atoms. The molecule has 1 atom stereocenters. The Morgan fingerprint density at radius 1 is 1.46 bits per heavy atom. The molecule has 7 nitrogen and oxygen atoms in total. The van der Waals surface area contributed by atoms with Gasteiger partial charge in [-0.2, -0.15) is 0 Å². The van der Waals surface area contributed by atoms with Gasteiger partial charge in [0.05, 0.1) is 31.5 Å². The predicted molar refractivity (Wildman–Crippen MR) is 101 cm³/mol. The van der Waals surface area contributed by atoms with Crippen LogP contribution in [0.25, 0.3) is 0 Å². The van der Waals surface area contributed by atoms with Crippen molar-refractivity contribution in [3.8, 4) is 0 Å². The molecular formula is C19H29N5O2. The van der Waals surface area contributed by atoms with Gasteiger partial charge >= 0.3 is 0 Å². The fourth-order valence-corrected chi connectivity index (χ4v) is 3.52. The quantitative estimate of drug-likeness (QED) is 0.783. The third-order valence-corrected chi connectivity index (χ3v) is 5.04. The second kappa shape index (κ2) is 8.60. The third-order valence-electron chi connectivity index (χ3n) is 5.04. The van der Waals surface area contributed by atoms with Crippen LogP contribution in [-0.2, 0) is 16.1 Å². The lowest BCUT2D eigenvalue weighted by atomic mass is 10.1. The van der Waals surface area contributed by atoms with E-state index in [4.69, 9.17) is 14.7 Å². The second-order valence-corrected chi connectivity index (χ2v) is 7.06. The SMILES string of the molecule is CNc1cc(CN(C)C(C)=O)nc([C@H]2CCCN2CC2=CCCOC2)n1. The summed E-state index contributed by atoms with van der Waals surface area (Å²) in [6.07, 6.45) is 5.51. The van der Waals surface area contributed by atoms with Crippen molar-refractivity contribution in [1.82, 2.24) is 19.8 Å². The van der Waals surface area contributed by atoms with Gasteiger partial charge < -0.3 is 15.0 Å². The smallest absolute Gasteiger partial charge is 0.219 e. The first-order chi connectivity index (χ1) is 12.6. The van der Waals surface area contributed by atoms with Crippen molar-refractivity contribution in [2.24, 2.45) is 0 Å². The van der Waals surface area contributed by atoms with Gasteiger partial charge in [0, 0.05) is 33.6 Å². The number of hydrogen-bond donors (Lipinski definition) is 1. The molecule has 1 saturated heterocycles. The van der Waals surface area contributed by atoms with Gasteiger partial charge in [0.15, 0.2) is 0 Å². The molecule has 0 aromatic carbocycles. The molecule has 3 heterocycles. The molecule has 26 heavy (non-hydrogen) atoms. The molecule has 0 unspecified atom stereocenters. The number of amides is 1. The molecule has 2 aliphatic heterocycles. The van der Waals surface area contributed by atoms with E-state index in [2.05, 4.69) is 16.3 Å². The lowest BCUT2D eigenvalue weighted by Gasteiger charge is -2.26. The Morgan fingerprint density at radius 2 is 2.31 bits per heavy atom. The van der Waals surface area contributed by atoms with Crippen molar-refractivity contribution in [3.63, 3.8) is 0 Å². The van der Waals surface area contributed by atoms with Gasteiger partial charge in [-0.15, -0.1) is 0 Å². The molecule has 7 heteroatoms. The Labute approximate surface area is 155 Å². The normalized spacial score (nSPS) is 20.7. The first-order valence-electron chi connectivity index (χ1n) is 9.34. The number of rotatable bonds is 6. The molecule has 142 valence electrons. The highest BCUT2D eigenvalue weighted by Crippen LogP contribution is 2.31. The summed E-state index contributed by atoms with van der Waals surface area (Å²) >= 11 is 0. The van der Waals surface area contributed by atoms with Crippen LogP contribution in [0.3, 0.4) is 0 Å². The lowest BCUT2D eigenvalue weighted by Crippen LogP contribution is -2.29. The number of carbonyl (C=O) groups is 1. The van der Waals surface area contributed by atoms with E-state index < -0.39 is 0 Å². The Kier molecular flexibility index (Phi) is 6.21. The van der Waals surface area contributed by atoms with Crippen LogP contribution in [0.5, 0.6) is 0 Å². The monoisotopic (exact) mass is 359 g/mol. The zero-order valence-corrected chi connectivity index (χ0v) is 16.0. The van der Waals surface area contributed by atoms with Crippen LogP contribution in [0.4, 0.5) is 5.82 Å². The molecule has 0 saturated carbocycles. The van der Waals surface area contributed by atoms with Gasteiger partial charge in [-0.3, -0.25) is 9.69 Å². The molecule has 1 fully saturated rings. The Balaban J connectivity index is 1.79. The summed E-state index contributed by atoms with van der Waals surface area (Å²) < 4.78 is 5.58. The van der Waals surface area contributed by atoms with Crippen molar-refractivity contribution in [1.29, 1.82) is 0 Å². The standard InChI is InChI=1S/C19H29N5O2/c1-14(25)23(3)12-16-10-18(20-2)22-19(21-16)17-7-4-8-24(17)11-15-6-5-9-26-13-15/h6,10,17H,4-5,7-9,11-13H2,1-3H3,(H,20,21,22)/t17-/m1/s1. The average Bonchev–Trinajstić information content (AvgIpc) is 3.10. The topological polar surface area (TPSA) is 70.6 Å². The van der Waals surface area contributed by atoms with Crippen LogP contribution in [-0.4, -0.2) is 66.1 Å². The van der Waals surface area contributed by atoms with Crippen LogP contribution in [0.15, 0.2) is 17.7 Å². The van der Waals surface area contributed by atoms with Crippen LogP contribution < -0.4 is 5.32 Å². The van der Waals surface area contributed by atoms with Gasteiger partial charge in [0.1, 0.15) is 11.6 Å². The highest BCUT2D eigenvalue weighted by atomic mass is 16.5. The first kappa shape index (κ1) is 18.8. The number of anilines is 1. The molecule has 0 radical (unpaired) electrons. The maximum atomic E-state index is 11.6. The summed E-state index contributed by atoms with van der Waals surface area (Å²) in [5.74, 6) is 1.68. The molecule has 2 aliphatic rings. The summed E-state index contributed by atoms with van der Waals surface area (Å²) in [6.45, 7) is 5.59. The molecule has 3 rings (SSSR count). The molecule has 1 aromatic rings. The number of carbonyl (C=O) groups excluding carboxylic acids is 1. The molecule has 1 N–H and O–H groups in total. The Morgan fingerprint density at radius 3 is 3.00 bits per heavy atom. The number of ether oxygens (including phenoxy) is 1. The van der Waals surface area contributed by atoms with Crippen molar-refractivity contribution in [3.05, 3.63) is 29.2 Å². The number of likely N-dealkylation sites (tertiary alicyclic amines) is 1. The van der Waals surface area contributed by atoms with Crippen LogP contribution in [0.1, 0.15) is 43.7 Å². The second-order valence-electron chi connectivity index (χ2n) is 7.06. The van der Waals surface area contributed by atoms with E-state index in [0.29, 0.717) is 6.54 Å². The highest BCUT2D eigenvalue weighted by molar-refractivity contribution is 5.72. The van der Waals surface area contributed by atoms with E-state index in [9.17, 15) is 4.79 Å². The lowest BCUT2D eigenvalue weighted by molar-refractivity contribution is -0.128. The number of nitrogens with zero attached hydrogens (tertiary/aromatic N) is 4. The molecule has 1 aromatic heterocycles.